The number of hydrogen-bond donors (Lipinski definition) is 0. The molecule has 4 nitrogen and oxygen atoms in total. The van der Waals surface area contributed by atoms with E-state index in [1.807, 2.05) is 12.4 Å². The molecule has 0 N–H and O–H groups in total. The number of pyridine rings is 1. The Morgan fingerprint density at radius 1 is 1.04 bits per heavy atom. The molecule has 1 aromatic carbocycles. The van der Waals surface area contributed by atoms with Gasteiger partial charge in [0.2, 0.25) is 5.91 Å². The third-order valence-corrected chi connectivity index (χ3v) is 6.28. The summed E-state index contributed by atoms with van der Waals surface area (Å²) in [5.74, 6) is 0.644. The molecule has 27 heavy (non-hydrogen) atoms. The molecule has 0 bridgehead atoms. The minimum absolute atomic E-state index is 0.221. The first-order chi connectivity index (χ1) is 13.2. The van der Waals surface area contributed by atoms with Crippen LogP contribution in [-0.2, 0) is 11.3 Å². The van der Waals surface area contributed by atoms with Gasteiger partial charge in [0.15, 0.2) is 0 Å². The fraction of sp³-hybridized carbons (Fsp3) is 0.478. The number of nitrogens with zero attached hydrogens (tertiary/aromatic N) is 3. The third-order valence-electron chi connectivity index (χ3n) is 6.28. The number of fused-ring (bicyclic) bond motifs is 1. The molecular formula is C23H29N3O. The fourth-order valence-corrected chi connectivity index (χ4v) is 5.04. The Morgan fingerprint density at radius 3 is 2.56 bits per heavy atom. The summed E-state index contributed by atoms with van der Waals surface area (Å²) in [7, 11) is 0. The molecule has 0 aliphatic carbocycles. The number of aromatic nitrogens is 1. The van der Waals surface area contributed by atoms with Crippen LogP contribution >= 0.6 is 0 Å². The van der Waals surface area contributed by atoms with Crippen molar-refractivity contribution in [3.05, 3.63) is 66.0 Å². The Balaban J connectivity index is 1.67. The predicted octanol–water partition coefficient (Wildman–Crippen LogP) is 3.84. The number of carbonyl (C=O) groups is 1. The average molecular weight is 364 g/mol. The van der Waals surface area contributed by atoms with Gasteiger partial charge in [0.1, 0.15) is 0 Å². The van der Waals surface area contributed by atoms with Crippen molar-refractivity contribution in [1.82, 2.24) is 14.8 Å². The average Bonchev–Trinajstić information content (AvgIpc) is 2.93. The van der Waals surface area contributed by atoms with Crippen molar-refractivity contribution in [2.75, 3.05) is 13.1 Å². The van der Waals surface area contributed by atoms with E-state index in [9.17, 15) is 4.79 Å². The van der Waals surface area contributed by atoms with Gasteiger partial charge in [-0.25, -0.2) is 0 Å². The molecule has 3 heterocycles. The zero-order valence-electron chi connectivity index (χ0n) is 16.1. The molecule has 1 amide bonds. The summed E-state index contributed by atoms with van der Waals surface area (Å²) in [6.07, 6.45) is 8.32. The highest BCUT2D eigenvalue weighted by Crippen LogP contribution is 2.39. The van der Waals surface area contributed by atoms with E-state index in [1.54, 1.807) is 6.92 Å². The Labute approximate surface area is 162 Å². The number of hydrogen-bond acceptors (Lipinski definition) is 3. The van der Waals surface area contributed by atoms with Gasteiger partial charge < -0.3 is 4.90 Å². The second kappa shape index (κ2) is 8.22. The minimum Gasteiger partial charge on any atom is -0.338 e. The molecule has 2 aliphatic heterocycles. The number of likely N-dealkylation sites (tertiary alicyclic amines) is 2. The Hall–Kier alpha value is -2.20. The van der Waals surface area contributed by atoms with Crippen molar-refractivity contribution in [2.45, 2.75) is 57.2 Å². The van der Waals surface area contributed by atoms with Crippen LogP contribution in [0.2, 0.25) is 0 Å². The van der Waals surface area contributed by atoms with Crippen molar-refractivity contribution in [1.29, 1.82) is 0 Å². The van der Waals surface area contributed by atoms with Crippen LogP contribution in [0, 0.1) is 0 Å². The summed E-state index contributed by atoms with van der Waals surface area (Å²) < 4.78 is 0. The monoisotopic (exact) mass is 363 g/mol. The lowest BCUT2D eigenvalue weighted by Crippen LogP contribution is -2.58. The molecule has 0 saturated carbocycles. The number of piperidine rings is 1. The van der Waals surface area contributed by atoms with Crippen LogP contribution in [0.25, 0.3) is 0 Å². The molecule has 0 radical (unpaired) electrons. The lowest BCUT2D eigenvalue weighted by Gasteiger charge is -2.49. The van der Waals surface area contributed by atoms with E-state index in [1.165, 1.54) is 24.0 Å². The Kier molecular flexibility index (Phi) is 5.53. The quantitative estimate of drug-likeness (QED) is 0.831. The van der Waals surface area contributed by atoms with Gasteiger partial charge in [0, 0.05) is 44.4 Å². The van der Waals surface area contributed by atoms with Crippen LogP contribution in [0.15, 0.2) is 54.9 Å². The normalized spacial score (nSPS) is 26.3. The summed E-state index contributed by atoms with van der Waals surface area (Å²) >= 11 is 0. The minimum atomic E-state index is 0.221. The van der Waals surface area contributed by atoms with Gasteiger partial charge >= 0.3 is 0 Å². The van der Waals surface area contributed by atoms with E-state index in [0.29, 0.717) is 12.0 Å². The van der Waals surface area contributed by atoms with Gasteiger partial charge in [0.25, 0.3) is 0 Å². The van der Waals surface area contributed by atoms with E-state index in [-0.39, 0.29) is 11.9 Å². The molecular weight excluding hydrogens is 334 g/mol. The van der Waals surface area contributed by atoms with E-state index in [2.05, 4.69) is 57.2 Å². The molecule has 2 saturated heterocycles. The summed E-state index contributed by atoms with van der Waals surface area (Å²) in [6.45, 7) is 4.65. The maximum Gasteiger partial charge on any atom is 0.219 e. The smallest absolute Gasteiger partial charge is 0.219 e. The summed E-state index contributed by atoms with van der Waals surface area (Å²) in [4.78, 5) is 21.5. The van der Waals surface area contributed by atoms with Crippen molar-refractivity contribution in [2.24, 2.45) is 0 Å². The molecule has 1 aromatic heterocycles. The van der Waals surface area contributed by atoms with Crippen LogP contribution in [0.4, 0.5) is 0 Å². The van der Waals surface area contributed by atoms with Crippen molar-refractivity contribution < 1.29 is 4.79 Å². The maximum absolute atomic E-state index is 12.5. The van der Waals surface area contributed by atoms with E-state index in [0.717, 1.165) is 32.5 Å². The van der Waals surface area contributed by atoms with Gasteiger partial charge in [-0.1, -0.05) is 36.8 Å². The first-order valence-electron chi connectivity index (χ1n) is 10.2. The maximum atomic E-state index is 12.5. The first kappa shape index (κ1) is 18.2. The van der Waals surface area contributed by atoms with Crippen LogP contribution in [-0.4, -0.2) is 45.9 Å². The van der Waals surface area contributed by atoms with Gasteiger partial charge in [0.05, 0.1) is 6.04 Å². The molecule has 0 unspecified atom stereocenters. The van der Waals surface area contributed by atoms with Crippen molar-refractivity contribution in [3.63, 3.8) is 0 Å². The summed E-state index contributed by atoms with van der Waals surface area (Å²) in [5.41, 5.74) is 2.68. The van der Waals surface area contributed by atoms with Crippen LogP contribution < -0.4 is 0 Å². The molecule has 2 aromatic rings. The molecule has 0 spiro atoms. The number of amides is 1. The van der Waals surface area contributed by atoms with Gasteiger partial charge in [-0.05, 0) is 49.1 Å². The highest BCUT2D eigenvalue weighted by molar-refractivity contribution is 5.74. The molecule has 2 aliphatic rings. The number of carbonyl (C=O) groups excluding carboxylic acids is 1. The van der Waals surface area contributed by atoms with E-state index < -0.39 is 0 Å². The highest BCUT2D eigenvalue weighted by atomic mass is 16.2. The molecule has 4 heteroatoms. The molecule has 4 rings (SSSR count). The zero-order valence-corrected chi connectivity index (χ0v) is 16.1. The Bertz CT molecular complexity index is 749. The van der Waals surface area contributed by atoms with Gasteiger partial charge in [-0.3, -0.25) is 14.7 Å². The van der Waals surface area contributed by atoms with Gasteiger partial charge in [-0.15, -0.1) is 0 Å². The zero-order chi connectivity index (χ0) is 18.6. The van der Waals surface area contributed by atoms with E-state index in [4.69, 9.17) is 0 Å². The molecule has 3 atom stereocenters. The highest BCUT2D eigenvalue weighted by Gasteiger charge is 2.43. The van der Waals surface area contributed by atoms with Crippen molar-refractivity contribution in [3.8, 4) is 0 Å². The SMILES string of the molecule is CC(=O)N1CCCC[C@@H]2[C@H]1[C@@H](c1ccccc1)CCN2Cc1ccncc1. The predicted molar refractivity (Wildman–Crippen MR) is 107 cm³/mol. The Morgan fingerprint density at radius 2 is 1.81 bits per heavy atom. The van der Waals surface area contributed by atoms with Crippen LogP contribution in [0.5, 0.6) is 0 Å². The number of benzene rings is 1. The van der Waals surface area contributed by atoms with E-state index >= 15 is 0 Å². The van der Waals surface area contributed by atoms with Crippen LogP contribution in [0.3, 0.4) is 0 Å². The lowest BCUT2D eigenvalue weighted by molar-refractivity contribution is -0.134. The third kappa shape index (κ3) is 3.91. The summed E-state index contributed by atoms with van der Waals surface area (Å²) in [5, 5.41) is 0. The topological polar surface area (TPSA) is 36.4 Å². The second-order valence-corrected chi connectivity index (χ2v) is 7.90. The van der Waals surface area contributed by atoms with Crippen molar-refractivity contribution >= 4 is 5.91 Å². The number of rotatable bonds is 3. The lowest BCUT2D eigenvalue weighted by atomic mass is 9.78. The largest absolute Gasteiger partial charge is 0.338 e. The van der Waals surface area contributed by atoms with Gasteiger partial charge in [-0.2, -0.15) is 0 Å². The summed E-state index contributed by atoms with van der Waals surface area (Å²) in [6, 6.07) is 15.7. The molecule has 2 fully saturated rings. The first-order valence-corrected chi connectivity index (χ1v) is 10.2. The second-order valence-electron chi connectivity index (χ2n) is 7.90. The standard InChI is InChI=1S/C23H29N3O/c1-18(27)26-15-6-5-9-22-23(26)21(20-7-3-2-4-8-20)12-16-25(22)17-19-10-13-24-14-11-19/h2-4,7-8,10-11,13-14,21-23H,5-6,9,12,15-17H2,1H3/t21-,22-,23-/m1/s1. The van der Waals surface area contributed by atoms with Crippen LogP contribution in [0.1, 0.15) is 49.7 Å². The molecule has 142 valence electrons. The fourth-order valence-electron chi connectivity index (χ4n) is 5.04.